The van der Waals surface area contributed by atoms with E-state index in [-0.39, 0.29) is 11.8 Å². The SMILES string of the molecule is Cc1ccc(CNC(C)C(=O)c2ccc3c(c2)NCCO3)cc1. The summed E-state index contributed by atoms with van der Waals surface area (Å²) in [5.41, 5.74) is 4.01. The summed E-state index contributed by atoms with van der Waals surface area (Å²) in [5.74, 6) is 0.903. The zero-order valence-electron chi connectivity index (χ0n) is 13.6. The van der Waals surface area contributed by atoms with Crippen LogP contribution in [0, 0.1) is 6.92 Å². The van der Waals surface area contributed by atoms with Gasteiger partial charge in [-0.25, -0.2) is 0 Å². The van der Waals surface area contributed by atoms with E-state index in [4.69, 9.17) is 4.74 Å². The molecular weight excluding hydrogens is 288 g/mol. The zero-order chi connectivity index (χ0) is 16.2. The van der Waals surface area contributed by atoms with Gasteiger partial charge in [0.25, 0.3) is 0 Å². The number of benzene rings is 2. The third-order valence-electron chi connectivity index (χ3n) is 4.07. The number of hydrogen-bond donors (Lipinski definition) is 2. The van der Waals surface area contributed by atoms with Crippen LogP contribution >= 0.6 is 0 Å². The van der Waals surface area contributed by atoms with Crippen molar-refractivity contribution in [3.05, 3.63) is 59.2 Å². The molecule has 2 aromatic carbocycles. The summed E-state index contributed by atoms with van der Waals surface area (Å²) in [6.07, 6.45) is 0. The minimum absolute atomic E-state index is 0.0901. The minimum Gasteiger partial charge on any atom is -0.490 e. The number of aryl methyl sites for hydroxylation is 1. The number of fused-ring (bicyclic) bond motifs is 1. The van der Waals surface area contributed by atoms with Crippen molar-refractivity contribution in [3.8, 4) is 5.75 Å². The molecule has 2 N–H and O–H groups in total. The number of hydrogen-bond acceptors (Lipinski definition) is 4. The molecule has 1 aliphatic heterocycles. The Labute approximate surface area is 136 Å². The second-order valence-electron chi connectivity index (χ2n) is 5.94. The van der Waals surface area contributed by atoms with Crippen LogP contribution in [0.1, 0.15) is 28.4 Å². The summed E-state index contributed by atoms with van der Waals surface area (Å²) in [4.78, 5) is 12.6. The first-order chi connectivity index (χ1) is 11.1. The third-order valence-corrected chi connectivity index (χ3v) is 4.07. The first-order valence-corrected chi connectivity index (χ1v) is 7.97. The van der Waals surface area contributed by atoms with E-state index in [2.05, 4.69) is 41.8 Å². The van der Waals surface area contributed by atoms with E-state index in [0.717, 1.165) is 18.0 Å². The fourth-order valence-corrected chi connectivity index (χ4v) is 2.61. The van der Waals surface area contributed by atoms with Crippen LogP contribution in [-0.2, 0) is 6.54 Å². The van der Waals surface area contributed by atoms with Crippen LogP contribution in [0.5, 0.6) is 5.75 Å². The highest BCUT2D eigenvalue weighted by atomic mass is 16.5. The smallest absolute Gasteiger partial charge is 0.179 e. The Kier molecular flexibility index (Phi) is 4.63. The number of anilines is 1. The number of nitrogens with one attached hydrogen (secondary N) is 2. The van der Waals surface area contributed by atoms with Gasteiger partial charge in [0.2, 0.25) is 0 Å². The predicted molar refractivity (Wildman–Crippen MR) is 92.2 cm³/mol. The van der Waals surface area contributed by atoms with Gasteiger partial charge < -0.3 is 15.4 Å². The molecule has 0 saturated heterocycles. The average Bonchev–Trinajstić information content (AvgIpc) is 2.60. The van der Waals surface area contributed by atoms with Gasteiger partial charge in [-0.15, -0.1) is 0 Å². The Morgan fingerprint density at radius 1 is 1.26 bits per heavy atom. The molecule has 23 heavy (non-hydrogen) atoms. The molecule has 0 radical (unpaired) electrons. The van der Waals surface area contributed by atoms with Gasteiger partial charge in [-0.1, -0.05) is 29.8 Å². The molecule has 0 spiro atoms. The zero-order valence-corrected chi connectivity index (χ0v) is 13.6. The van der Waals surface area contributed by atoms with E-state index in [9.17, 15) is 4.79 Å². The van der Waals surface area contributed by atoms with Gasteiger partial charge in [-0.3, -0.25) is 4.79 Å². The predicted octanol–water partition coefficient (Wildman–Crippen LogP) is 3.16. The molecule has 1 atom stereocenters. The van der Waals surface area contributed by atoms with Gasteiger partial charge in [-0.2, -0.15) is 0 Å². The van der Waals surface area contributed by atoms with Crippen molar-refractivity contribution in [2.75, 3.05) is 18.5 Å². The molecule has 0 saturated carbocycles. The van der Waals surface area contributed by atoms with E-state index in [1.807, 2.05) is 25.1 Å². The van der Waals surface area contributed by atoms with Crippen LogP contribution in [0.25, 0.3) is 0 Å². The quantitative estimate of drug-likeness (QED) is 0.833. The van der Waals surface area contributed by atoms with E-state index in [1.165, 1.54) is 11.1 Å². The Morgan fingerprint density at radius 2 is 2.04 bits per heavy atom. The summed E-state index contributed by atoms with van der Waals surface area (Å²) >= 11 is 0. The molecule has 2 aromatic rings. The van der Waals surface area contributed by atoms with E-state index < -0.39 is 0 Å². The first-order valence-electron chi connectivity index (χ1n) is 7.97. The summed E-state index contributed by atoms with van der Waals surface area (Å²) < 4.78 is 5.54. The fraction of sp³-hybridized carbons (Fsp3) is 0.316. The molecule has 0 aromatic heterocycles. The standard InChI is InChI=1S/C19H22N2O2/c1-13-3-5-15(6-4-13)12-21-14(2)19(22)16-7-8-18-17(11-16)20-9-10-23-18/h3-8,11,14,20-21H,9-10,12H2,1-2H3. The van der Waals surface area contributed by atoms with Crippen molar-refractivity contribution < 1.29 is 9.53 Å². The Balaban J connectivity index is 1.64. The first kappa shape index (κ1) is 15.6. The molecular formula is C19H22N2O2. The second kappa shape index (κ2) is 6.84. The van der Waals surface area contributed by atoms with Crippen molar-refractivity contribution in [1.29, 1.82) is 0 Å². The van der Waals surface area contributed by atoms with Gasteiger partial charge in [0.05, 0.1) is 11.7 Å². The third kappa shape index (κ3) is 3.71. The highest BCUT2D eigenvalue weighted by Gasteiger charge is 2.17. The maximum absolute atomic E-state index is 12.6. The monoisotopic (exact) mass is 310 g/mol. The topological polar surface area (TPSA) is 50.4 Å². The van der Waals surface area contributed by atoms with Crippen LogP contribution in [0.4, 0.5) is 5.69 Å². The number of ether oxygens (including phenoxy) is 1. The summed E-state index contributed by atoms with van der Waals surface area (Å²) in [6.45, 7) is 6.08. The molecule has 0 fully saturated rings. The van der Waals surface area contributed by atoms with Gasteiger partial charge in [0, 0.05) is 18.7 Å². The lowest BCUT2D eigenvalue weighted by molar-refractivity contribution is 0.0950. The molecule has 4 heteroatoms. The van der Waals surface area contributed by atoms with E-state index >= 15 is 0 Å². The summed E-state index contributed by atoms with van der Waals surface area (Å²) in [5, 5.41) is 6.56. The molecule has 120 valence electrons. The fourth-order valence-electron chi connectivity index (χ4n) is 2.61. The summed E-state index contributed by atoms with van der Waals surface area (Å²) in [6, 6.07) is 13.7. The lowest BCUT2D eigenvalue weighted by atomic mass is 10.0. The number of carbonyl (C=O) groups is 1. The molecule has 0 aliphatic carbocycles. The average molecular weight is 310 g/mol. The number of Topliss-reactive ketones (excluding diaryl/α,β-unsaturated/α-hetero) is 1. The maximum Gasteiger partial charge on any atom is 0.179 e. The Morgan fingerprint density at radius 3 is 2.83 bits per heavy atom. The number of carbonyl (C=O) groups excluding carboxylic acids is 1. The van der Waals surface area contributed by atoms with Gasteiger partial charge in [0.1, 0.15) is 12.4 Å². The van der Waals surface area contributed by atoms with Crippen LogP contribution in [0.3, 0.4) is 0 Å². The number of ketones is 1. The van der Waals surface area contributed by atoms with Crippen LogP contribution in [0.15, 0.2) is 42.5 Å². The van der Waals surface area contributed by atoms with Gasteiger partial charge in [0.15, 0.2) is 5.78 Å². The van der Waals surface area contributed by atoms with Crippen molar-refractivity contribution in [2.45, 2.75) is 26.4 Å². The molecule has 3 rings (SSSR count). The highest BCUT2D eigenvalue weighted by molar-refractivity contribution is 6.01. The molecule has 4 nitrogen and oxygen atoms in total. The Hall–Kier alpha value is -2.33. The van der Waals surface area contributed by atoms with Crippen molar-refractivity contribution in [3.63, 3.8) is 0 Å². The Bertz CT molecular complexity index is 695. The normalized spacial score (nSPS) is 14.3. The van der Waals surface area contributed by atoms with E-state index in [1.54, 1.807) is 0 Å². The van der Waals surface area contributed by atoms with Crippen LogP contribution in [0.2, 0.25) is 0 Å². The minimum atomic E-state index is -0.237. The lowest BCUT2D eigenvalue weighted by Gasteiger charge is -2.20. The second-order valence-corrected chi connectivity index (χ2v) is 5.94. The van der Waals surface area contributed by atoms with Crippen molar-refractivity contribution in [2.24, 2.45) is 0 Å². The van der Waals surface area contributed by atoms with Gasteiger partial charge in [-0.05, 0) is 37.6 Å². The molecule has 0 bridgehead atoms. The van der Waals surface area contributed by atoms with Crippen molar-refractivity contribution >= 4 is 11.5 Å². The van der Waals surface area contributed by atoms with Crippen LogP contribution in [-0.4, -0.2) is 25.0 Å². The van der Waals surface area contributed by atoms with Crippen LogP contribution < -0.4 is 15.4 Å². The molecule has 1 unspecified atom stereocenters. The maximum atomic E-state index is 12.6. The number of rotatable bonds is 5. The lowest BCUT2D eigenvalue weighted by Crippen LogP contribution is -2.33. The molecule has 1 aliphatic rings. The van der Waals surface area contributed by atoms with Crippen molar-refractivity contribution in [1.82, 2.24) is 5.32 Å². The largest absolute Gasteiger partial charge is 0.490 e. The van der Waals surface area contributed by atoms with E-state index in [0.29, 0.717) is 18.7 Å². The molecule has 0 amide bonds. The molecule has 1 heterocycles. The van der Waals surface area contributed by atoms with Gasteiger partial charge >= 0.3 is 0 Å². The summed E-state index contributed by atoms with van der Waals surface area (Å²) in [7, 11) is 0. The highest BCUT2D eigenvalue weighted by Crippen LogP contribution is 2.28.